The largest absolute Gasteiger partial charge is 0.481 e. The standard InChI is InChI=1S/C19H22N4O3/c24-17(12-23-9-8-20-21-23)22-11-16-10-15(14-4-2-1-3-5-14)6-7-19(16,13-22)18(25)26/h1-5,8-9,15-16H,6-7,10-13H2,(H,25,26)/t15-,16-,19-/m0/s1. The minimum absolute atomic E-state index is 0.0151. The molecular weight excluding hydrogens is 332 g/mol. The highest BCUT2D eigenvalue weighted by Crippen LogP contribution is 2.51. The van der Waals surface area contributed by atoms with Crippen LogP contribution in [-0.2, 0) is 16.1 Å². The van der Waals surface area contributed by atoms with Crippen LogP contribution in [-0.4, -0.2) is 50.0 Å². The topological polar surface area (TPSA) is 88.3 Å². The lowest BCUT2D eigenvalue weighted by atomic mass is 9.64. The molecule has 3 atom stereocenters. The summed E-state index contributed by atoms with van der Waals surface area (Å²) in [6, 6.07) is 10.3. The van der Waals surface area contributed by atoms with E-state index in [0.717, 1.165) is 12.8 Å². The van der Waals surface area contributed by atoms with E-state index in [9.17, 15) is 14.7 Å². The summed E-state index contributed by atoms with van der Waals surface area (Å²) in [7, 11) is 0. The molecule has 1 N–H and O–H groups in total. The van der Waals surface area contributed by atoms with Crippen molar-refractivity contribution in [2.24, 2.45) is 11.3 Å². The molecule has 0 unspecified atom stereocenters. The fourth-order valence-electron chi connectivity index (χ4n) is 4.57. The first-order chi connectivity index (χ1) is 12.6. The van der Waals surface area contributed by atoms with E-state index >= 15 is 0 Å². The van der Waals surface area contributed by atoms with E-state index < -0.39 is 11.4 Å². The number of amides is 1. The van der Waals surface area contributed by atoms with E-state index in [1.165, 1.54) is 16.4 Å². The third-order valence-electron chi connectivity index (χ3n) is 6.02. The van der Waals surface area contributed by atoms with E-state index in [2.05, 4.69) is 22.4 Å². The number of fused-ring (bicyclic) bond motifs is 1. The normalized spacial score (nSPS) is 27.9. The Kier molecular flexibility index (Phi) is 4.22. The molecule has 1 aliphatic carbocycles. The van der Waals surface area contributed by atoms with Crippen LogP contribution in [0.1, 0.15) is 30.7 Å². The van der Waals surface area contributed by atoms with Crippen LogP contribution in [0.15, 0.2) is 42.7 Å². The van der Waals surface area contributed by atoms with Crippen molar-refractivity contribution in [3.63, 3.8) is 0 Å². The maximum Gasteiger partial charge on any atom is 0.311 e. The molecule has 4 rings (SSSR count). The quantitative estimate of drug-likeness (QED) is 0.904. The monoisotopic (exact) mass is 354 g/mol. The Morgan fingerprint density at radius 1 is 1.27 bits per heavy atom. The number of nitrogens with zero attached hydrogens (tertiary/aromatic N) is 4. The van der Waals surface area contributed by atoms with Crippen molar-refractivity contribution in [2.75, 3.05) is 13.1 Å². The summed E-state index contributed by atoms with van der Waals surface area (Å²) in [5.74, 6) is -0.524. The Morgan fingerprint density at radius 3 is 2.77 bits per heavy atom. The Bertz CT molecular complexity index is 792. The number of carbonyl (C=O) groups excluding carboxylic acids is 1. The third-order valence-corrected chi connectivity index (χ3v) is 6.02. The molecule has 2 heterocycles. The molecule has 1 aromatic heterocycles. The number of benzene rings is 1. The predicted molar refractivity (Wildman–Crippen MR) is 93.2 cm³/mol. The first-order valence-corrected chi connectivity index (χ1v) is 8.99. The molecule has 1 amide bonds. The van der Waals surface area contributed by atoms with Crippen molar-refractivity contribution in [1.82, 2.24) is 19.9 Å². The minimum Gasteiger partial charge on any atom is -0.481 e. The van der Waals surface area contributed by atoms with Gasteiger partial charge in [-0.05, 0) is 36.7 Å². The number of likely N-dealkylation sites (tertiary alicyclic amines) is 1. The molecule has 7 heteroatoms. The van der Waals surface area contributed by atoms with Gasteiger partial charge < -0.3 is 10.0 Å². The van der Waals surface area contributed by atoms with Crippen molar-refractivity contribution >= 4 is 11.9 Å². The van der Waals surface area contributed by atoms with Gasteiger partial charge in [0.2, 0.25) is 5.91 Å². The molecule has 26 heavy (non-hydrogen) atoms. The lowest BCUT2D eigenvalue weighted by Gasteiger charge is -2.38. The van der Waals surface area contributed by atoms with Gasteiger partial charge in [-0.1, -0.05) is 35.5 Å². The highest BCUT2D eigenvalue weighted by molar-refractivity contribution is 5.81. The lowest BCUT2D eigenvalue weighted by Crippen LogP contribution is -2.43. The summed E-state index contributed by atoms with van der Waals surface area (Å²) < 4.78 is 1.48. The van der Waals surface area contributed by atoms with E-state index in [-0.39, 0.29) is 18.4 Å². The zero-order chi connectivity index (χ0) is 18.1. The van der Waals surface area contributed by atoms with Crippen molar-refractivity contribution in [2.45, 2.75) is 31.7 Å². The predicted octanol–water partition coefficient (Wildman–Crippen LogP) is 1.78. The van der Waals surface area contributed by atoms with E-state index in [0.29, 0.717) is 25.4 Å². The average Bonchev–Trinajstić information content (AvgIpc) is 3.29. The minimum atomic E-state index is -0.816. The summed E-state index contributed by atoms with van der Waals surface area (Å²) >= 11 is 0. The van der Waals surface area contributed by atoms with Gasteiger partial charge in [-0.15, -0.1) is 5.10 Å². The van der Waals surface area contributed by atoms with Crippen LogP contribution < -0.4 is 0 Å². The molecule has 1 saturated carbocycles. The molecule has 1 aromatic carbocycles. The number of rotatable bonds is 4. The molecule has 2 aliphatic rings. The lowest BCUT2D eigenvalue weighted by molar-refractivity contribution is -0.153. The van der Waals surface area contributed by atoms with Gasteiger partial charge in [0.15, 0.2) is 0 Å². The third kappa shape index (κ3) is 2.87. The fourth-order valence-corrected chi connectivity index (χ4v) is 4.57. The van der Waals surface area contributed by atoms with Crippen LogP contribution in [0.4, 0.5) is 0 Å². The SMILES string of the molecule is O=C(Cn1ccnn1)N1C[C@@H]2C[C@@H](c3ccccc3)CC[C@]2(C(=O)O)C1. The second-order valence-electron chi connectivity index (χ2n) is 7.42. The zero-order valence-corrected chi connectivity index (χ0v) is 14.5. The van der Waals surface area contributed by atoms with Gasteiger partial charge in [-0.3, -0.25) is 9.59 Å². The van der Waals surface area contributed by atoms with Gasteiger partial charge in [0.1, 0.15) is 6.54 Å². The number of carbonyl (C=O) groups is 2. The molecular formula is C19H22N4O3. The molecule has 1 saturated heterocycles. The van der Waals surface area contributed by atoms with Crippen molar-refractivity contribution in [3.8, 4) is 0 Å². The number of hydrogen-bond acceptors (Lipinski definition) is 4. The van der Waals surface area contributed by atoms with Crippen LogP contribution in [0.2, 0.25) is 0 Å². The van der Waals surface area contributed by atoms with Gasteiger partial charge in [0.05, 0.1) is 11.6 Å². The van der Waals surface area contributed by atoms with Crippen LogP contribution >= 0.6 is 0 Å². The molecule has 0 spiro atoms. The summed E-state index contributed by atoms with van der Waals surface area (Å²) in [4.78, 5) is 26.4. The Labute approximate surface area is 151 Å². The van der Waals surface area contributed by atoms with E-state index in [4.69, 9.17) is 0 Å². The zero-order valence-electron chi connectivity index (χ0n) is 14.5. The molecule has 1 aliphatic heterocycles. The maximum atomic E-state index is 12.6. The summed E-state index contributed by atoms with van der Waals surface area (Å²) in [6.45, 7) is 0.899. The Hall–Kier alpha value is -2.70. The summed E-state index contributed by atoms with van der Waals surface area (Å²) in [5.41, 5.74) is 0.447. The van der Waals surface area contributed by atoms with Crippen molar-refractivity contribution < 1.29 is 14.7 Å². The van der Waals surface area contributed by atoms with Gasteiger partial charge in [0, 0.05) is 19.3 Å². The number of carboxylic acids is 1. The molecule has 7 nitrogen and oxygen atoms in total. The Morgan fingerprint density at radius 2 is 2.08 bits per heavy atom. The summed E-state index contributed by atoms with van der Waals surface area (Å²) in [5, 5.41) is 17.5. The van der Waals surface area contributed by atoms with Crippen LogP contribution in [0.25, 0.3) is 0 Å². The highest BCUT2D eigenvalue weighted by Gasteiger charge is 2.55. The number of hydrogen-bond donors (Lipinski definition) is 1. The van der Waals surface area contributed by atoms with E-state index in [1.54, 1.807) is 11.1 Å². The highest BCUT2D eigenvalue weighted by atomic mass is 16.4. The van der Waals surface area contributed by atoms with Gasteiger partial charge in [-0.25, -0.2) is 4.68 Å². The smallest absolute Gasteiger partial charge is 0.311 e. The van der Waals surface area contributed by atoms with Crippen LogP contribution in [0.3, 0.4) is 0 Å². The summed E-state index contributed by atoms with van der Waals surface area (Å²) in [6.07, 6.45) is 5.43. The van der Waals surface area contributed by atoms with Gasteiger partial charge >= 0.3 is 5.97 Å². The first kappa shape index (κ1) is 16.8. The second-order valence-corrected chi connectivity index (χ2v) is 7.42. The number of carboxylic acid groups (broad SMARTS) is 1. The molecule has 0 bridgehead atoms. The first-order valence-electron chi connectivity index (χ1n) is 8.99. The molecule has 2 fully saturated rings. The average molecular weight is 354 g/mol. The Balaban J connectivity index is 1.52. The molecule has 2 aromatic rings. The van der Waals surface area contributed by atoms with Crippen molar-refractivity contribution in [1.29, 1.82) is 0 Å². The molecule has 136 valence electrons. The molecule has 0 radical (unpaired) electrons. The van der Waals surface area contributed by atoms with Gasteiger partial charge in [0.25, 0.3) is 0 Å². The van der Waals surface area contributed by atoms with Gasteiger partial charge in [-0.2, -0.15) is 0 Å². The fraction of sp³-hybridized carbons (Fsp3) is 0.474. The number of aromatic nitrogens is 3. The maximum absolute atomic E-state index is 12.6. The van der Waals surface area contributed by atoms with Crippen LogP contribution in [0, 0.1) is 11.3 Å². The van der Waals surface area contributed by atoms with Crippen LogP contribution in [0.5, 0.6) is 0 Å². The second kappa shape index (κ2) is 6.55. The number of aliphatic carboxylic acids is 1. The van der Waals surface area contributed by atoms with E-state index in [1.807, 2.05) is 18.2 Å². The van der Waals surface area contributed by atoms with Crippen molar-refractivity contribution in [3.05, 3.63) is 48.3 Å².